The number of anilines is 2. The molecule has 3 heteroatoms. The lowest BCUT2D eigenvalue weighted by atomic mass is 10.0. The van der Waals surface area contributed by atoms with E-state index in [1.54, 1.807) is 0 Å². The maximum absolute atomic E-state index is 5.93. The molecule has 2 aromatic carbocycles. The lowest BCUT2D eigenvalue weighted by molar-refractivity contribution is 0.724. The summed E-state index contributed by atoms with van der Waals surface area (Å²) < 4.78 is 0. The van der Waals surface area contributed by atoms with Gasteiger partial charge in [0, 0.05) is 18.8 Å². The highest BCUT2D eigenvalue weighted by molar-refractivity contribution is 5.76. The van der Waals surface area contributed by atoms with Crippen LogP contribution >= 0.6 is 0 Å². The molecule has 3 nitrogen and oxygen atoms in total. The average molecular weight is 402 g/mol. The molecule has 2 rings (SSSR count). The topological polar surface area (TPSA) is 50.1 Å². The van der Waals surface area contributed by atoms with Gasteiger partial charge in [-0.1, -0.05) is 73.9 Å². The molecule has 0 aromatic heterocycles. The Balaban J connectivity index is 0.00000218. The first kappa shape index (κ1) is 24.6. The summed E-state index contributed by atoms with van der Waals surface area (Å²) in [5.41, 5.74) is 12.1. The van der Waals surface area contributed by atoms with Crippen LogP contribution in [-0.4, -0.2) is 13.1 Å². The molecule has 30 heavy (non-hydrogen) atoms. The molecule has 0 unspecified atom stereocenters. The molecule has 0 aliphatic rings. The molecule has 0 saturated heterocycles. The van der Waals surface area contributed by atoms with Crippen molar-refractivity contribution < 1.29 is 0 Å². The van der Waals surface area contributed by atoms with Crippen LogP contribution in [0.5, 0.6) is 0 Å². The Morgan fingerprint density at radius 2 is 1.60 bits per heavy atom. The van der Waals surface area contributed by atoms with Crippen LogP contribution in [0.15, 0.2) is 99.2 Å². The second-order valence-electron chi connectivity index (χ2n) is 6.56. The molecule has 4 N–H and O–H groups in total. The van der Waals surface area contributed by atoms with Crippen molar-refractivity contribution in [3.05, 3.63) is 110 Å². The van der Waals surface area contributed by atoms with Gasteiger partial charge in [0.15, 0.2) is 0 Å². The van der Waals surface area contributed by atoms with Crippen molar-refractivity contribution in [1.29, 1.82) is 0 Å². The summed E-state index contributed by atoms with van der Waals surface area (Å²) in [5, 5.41) is 6.79. The summed E-state index contributed by atoms with van der Waals surface area (Å²) in [5.74, 6) is 0. The second kappa shape index (κ2) is 14.5. The number of nitrogens with one attached hydrogen (secondary N) is 2. The molecule has 2 aromatic rings. The number of allylic oxidation sites excluding steroid dienone is 5. The lowest BCUT2D eigenvalue weighted by Crippen LogP contribution is -2.14. The number of rotatable bonds is 11. The highest BCUT2D eigenvalue weighted by atomic mass is 14.9. The van der Waals surface area contributed by atoms with E-state index in [1.807, 2.05) is 49.4 Å². The number of benzene rings is 2. The zero-order valence-corrected chi connectivity index (χ0v) is 18.2. The third-order valence-corrected chi connectivity index (χ3v) is 4.43. The van der Waals surface area contributed by atoms with Crippen molar-refractivity contribution in [3.8, 4) is 0 Å². The Morgan fingerprint density at radius 1 is 0.967 bits per heavy atom. The van der Waals surface area contributed by atoms with Crippen LogP contribution in [-0.2, 0) is 0 Å². The molecule has 0 radical (unpaired) electrons. The number of para-hydroxylation sites is 2. The Morgan fingerprint density at radius 3 is 2.23 bits per heavy atom. The van der Waals surface area contributed by atoms with E-state index < -0.39 is 0 Å². The largest absolute Gasteiger partial charge is 0.397 e. The van der Waals surface area contributed by atoms with Crippen molar-refractivity contribution in [2.45, 2.75) is 19.8 Å². The monoisotopic (exact) mass is 401 g/mol. The summed E-state index contributed by atoms with van der Waals surface area (Å²) in [6.07, 6.45) is 10.1. The molecule has 0 aliphatic carbocycles. The van der Waals surface area contributed by atoms with Gasteiger partial charge < -0.3 is 16.4 Å². The van der Waals surface area contributed by atoms with E-state index in [9.17, 15) is 0 Å². The minimum Gasteiger partial charge on any atom is -0.397 e. The third kappa shape index (κ3) is 8.27. The SMILES string of the molecule is C=C.C=C/C=C(\C=C/C)c1ccc(C(=C)NCCCCNc2ccccc2N)cc1. The molecular weight excluding hydrogens is 366 g/mol. The van der Waals surface area contributed by atoms with Gasteiger partial charge in [0.25, 0.3) is 0 Å². The van der Waals surface area contributed by atoms with Gasteiger partial charge in [-0.05, 0) is 48.6 Å². The summed E-state index contributed by atoms with van der Waals surface area (Å²) in [6, 6.07) is 16.3. The maximum Gasteiger partial charge on any atom is 0.0573 e. The fraction of sp³-hybridized carbons (Fsp3) is 0.185. The highest BCUT2D eigenvalue weighted by Gasteiger charge is 2.01. The Labute approximate surface area is 182 Å². The minimum atomic E-state index is 0.790. The van der Waals surface area contributed by atoms with E-state index in [2.05, 4.69) is 67.3 Å². The fourth-order valence-electron chi connectivity index (χ4n) is 2.89. The lowest BCUT2D eigenvalue weighted by Gasteiger charge is -2.12. The van der Waals surface area contributed by atoms with Gasteiger partial charge in [-0.2, -0.15) is 0 Å². The Hall–Kier alpha value is -3.46. The maximum atomic E-state index is 5.93. The number of hydrogen-bond acceptors (Lipinski definition) is 3. The first-order valence-corrected chi connectivity index (χ1v) is 10.2. The van der Waals surface area contributed by atoms with Crippen LogP contribution in [0.2, 0.25) is 0 Å². The van der Waals surface area contributed by atoms with Crippen LogP contribution < -0.4 is 16.4 Å². The third-order valence-electron chi connectivity index (χ3n) is 4.43. The molecule has 0 amide bonds. The summed E-state index contributed by atoms with van der Waals surface area (Å²) in [7, 11) is 0. The molecule has 0 heterocycles. The summed E-state index contributed by atoms with van der Waals surface area (Å²) >= 11 is 0. The van der Waals surface area contributed by atoms with Crippen molar-refractivity contribution >= 4 is 22.6 Å². The van der Waals surface area contributed by atoms with E-state index in [4.69, 9.17) is 5.73 Å². The van der Waals surface area contributed by atoms with Crippen LogP contribution in [0.1, 0.15) is 30.9 Å². The molecule has 0 bridgehead atoms. The first-order valence-electron chi connectivity index (χ1n) is 10.2. The Kier molecular flexibility index (Phi) is 11.9. The van der Waals surface area contributed by atoms with E-state index in [0.29, 0.717) is 0 Å². The van der Waals surface area contributed by atoms with E-state index >= 15 is 0 Å². The fourth-order valence-corrected chi connectivity index (χ4v) is 2.89. The number of nitrogen functional groups attached to an aromatic ring is 1. The van der Waals surface area contributed by atoms with Gasteiger partial charge in [-0.15, -0.1) is 13.2 Å². The van der Waals surface area contributed by atoms with Gasteiger partial charge in [-0.25, -0.2) is 0 Å². The quantitative estimate of drug-likeness (QED) is 0.171. The van der Waals surface area contributed by atoms with E-state index in [1.165, 1.54) is 5.56 Å². The van der Waals surface area contributed by atoms with Crippen molar-refractivity contribution in [2.75, 3.05) is 24.1 Å². The number of hydrogen-bond donors (Lipinski definition) is 3. The van der Waals surface area contributed by atoms with Gasteiger partial charge in [-0.3, -0.25) is 0 Å². The van der Waals surface area contributed by atoms with Crippen LogP contribution in [0.25, 0.3) is 11.3 Å². The standard InChI is InChI=1S/C25H31N3.C2H4/c1-4-10-22(11-5-2)23-16-14-21(15-17-23)20(3)27-18-8-9-19-28-25-13-7-6-12-24(25)26;1-2/h4-7,10-17,27-28H,1,3,8-9,18-19,26H2,2H3;1-2H2/b11-5-,22-10+;. The van der Waals surface area contributed by atoms with E-state index in [-0.39, 0.29) is 0 Å². The van der Waals surface area contributed by atoms with Crippen LogP contribution in [0.4, 0.5) is 11.4 Å². The summed E-state index contributed by atoms with van der Waals surface area (Å²) in [4.78, 5) is 0. The second-order valence-corrected chi connectivity index (χ2v) is 6.56. The molecule has 0 spiro atoms. The first-order chi connectivity index (χ1) is 14.7. The smallest absolute Gasteiger partial charge is 0.0573 e. The molecule has 158 valence electrons. The van der Waals surface area contributed by atoms with Crippen molar-refractivity contribution in [3.63, 3.8) is 0 Å². The zero-order chi connectivity index (χ0) is 22.2. The number of unbranched alkanes of at least 4 members (excludes halogenated alkanes) is 1. The molecular formula is C27H35N3. The average Bonchev–Trinajstić information content (AvgIpc) is 2.78. The van der Waals surface area contributed by atoms with Gasteiger partial charge >= 0.3 is 0 Å². The van der Waals surface area contributed by atoms with Crippen molar-refractivity contribution in [2.24, 2.45) is 0 Å². The van der Waals surface area contributed by atoms with Crippen molar-refractivity contribution in [1.82, 2.24) is 5.32 Å². The Bertz CT molecular complexity index is 845. The minimum absolute atomic E-state index is 0.790. The van der Waals surface area contributed by atoms with Crippen LogP contribution in [0, 0.1) is 0 Å². The highest BCUT2D eigenvalue weighted by Crippen LogP contribution is 2.19. The zero-order valence-electron chi connectivity index (χ0n) is 18.2. The van der Waals surface area contributed by atoms with Gasteiger partial charge in [0.2, 0.25) is 0 Å². The normalized spacial score (nSPS) is 10.8. The predicted molar refractivity (Wildman–Crippen MR) is 136 cm³/mol. The van der Waals surface area contributed by atoms with E-state index in [0.717, 1.165) is 54.1 Å². The molecule has 0 saturated carbocycles. The molecule has 0 atom stereocenters. The van der Waals surface area contributed by atoms with Gasteiger partial charge in [0.1, 0.15) is 0 Å². The molecule has 0 aliphatic heterocycles. The summed E-state index contributed by atoms with van der Waals surface area (Å²) in [6.45, 7) is 17.8. The van der Waals surface area contributed by atoms with Gasteiger partial charge in [0.05, 0.1) is 11.4 Å². The predicted octanol–water partition coefficient (Wildman–Crippen LogP) is 6.67. The molecule has 0 fully saturated rings. The number of nitrogens with two attached hydrogens (primary N) is 1. The van der Waals surface area contributed by atoms with Crippen LogP contribution in [0.3, 0.4) is 0 Å².